The van der Waals surface area contributed by atoms with Crippen LogP contribution >= 0.6 is 0 Å². The lowest BCUT2D eigenvalue weighted by Crippen LogP contribution is -2.24. The molecule has 0 N–H and O–H groups in total. The molecule has 1 fully saturated rings. The monoisotopic (exact) mass is 552 g/mol. The van der Waals surface area contributed by atoms with E-state index in [9.17, 15) is 8.78 Å². The maximum atomic E-state index is 15.2. The van der Waals surface area contributed by atoms with Gasteiger partial charge in [-0.05, 0) is 54.9 Å². The van der Waals surface area contributed by atoms with E-state index in [2.05, 4.69) is 6.92 Å². The number of unbranched alkanes of at least 4 members (excludes halogenated alkanes) is 6. The predicted molar refractivity (Wildman–Crippen MR) is 155 cm³/mol. The van der Waals surface area contributed by atoms with E-state index in [-0.39, 0.29) is 23.1 Å². The van der Waals surface area contributed by atoms with Gasteiger partial charge in [-0.1, -0.05) is 106 Å². The molecule has 4 rings (SSSR count). The van der Waals surface area contributed by atoms with Crippen LogP contribution in [0.4, 0.5) is 17.6 Å². The quantitative estimate of drug-likeness (QED) is 0.123. The second kappa shape index (κ2) is 14.6. The Labute approximate surface area is 236 Å². The van der Waals surface area contributed by atoms with Crippen molar-refractivity contribution >= 4 is 0 Å². The van der Waals surface area contributed by atoms with Crippen molar-refractivity contribution in [2.24, 2.45) is 0 Å². The Morgan fingerprint density at radius 3 is 1.90 bits per heavy atom. The topological polar surface area (TPSA) is 9.23 Å². The molecule has 1 nitrogen and oxygen atoms in total. The van der Waals surface area contributed by atoms with E-state index in [1.807, 2.05) is 19.1 Å². The van der Waals surface area contributed by atoms with E-state index in [0.29, 0.717) is 35.3 Å². The van der Waals surface area contributed by atoms with Crippen LogP contribution in [-0.4, -0.2) is 12.7 Å². The van der Waals surface area contributed by atoms with Gasteiger partial charge in [0.1, 0.15) is 0 Å². The van der Waals surface area contributed by atoms with Crippen molar-refractivity contribution in [2.75, 3.05) is 6.61 Å². The molecule has 0 saturated carbocycles. The molecule has 214 valence electrons. The SMILES string of the molecule is C/C=C/C1CCC(c2ccc(-c3ccc(-c4ccc(CCCCCCCCC)c(F)c4F)cc3)c(F)c2F)CO1. The second-order valence-electron chi connectivity index (χ2n) is 10.9. The van der Waals surface area contributed by atoms with Crippen LogP contribution in [-0.2, 0) is 11.2 Å². The van der Waals surface area contributed by atoms with Crippen molar-refractivity contribution in [3.8, 4) is 22.3 Å². The van der Waals surface area contributed by atoms with Crippen molar-refractivity contribution in [2.45, 2.75) is 90.1 Å². The standard InChI is InChI=1S/C35H40F4O/c1-3-5-6-7-8-9-10-12-26-18-20-29(33(37)32(26)36)24-13-15-25(16-14-24)30-21-22-31(35(39)34(30)38)27-17-19-28(11-4-2)40-23-27/h4,11,13-16,18,20-22,27-28H,3,5-10,12,17,19,23H2,1-2H3/b11-4+. The Morgan fingerprint density at radius 2 is 1.30 bits per heavy atom. The van der Waals surface area contributed by atoms with Crippen molar-refractivity contribution in [1.29, 1.82) is 0 Å². The van der Waals surface area contributed by atoms with Crippen molar-refractivity contribution < 1.29 is 22.3 Å². The lowest BCUT2D eigenvalue weighted by atomic mass is 9.89. The number of allylic oxidation sites excluding steroid dienone is 1. The summed E-state index contributed by atoms with van der Waals surface area (Å²) in [6.45, 7) is 4.46. The number of aryl methyl sites for hydroxylation is 1. The fourth-order valence-corrected chi connectivity index (χ4v) is 5.59. The minimum atomic E-state index is -0.909. The molecule has 2 unspecified atom stereocenters. The summed E-state index contributed by atoms with van der Waals surface area (Å²) in [5.41, 5.74) is 1.96. The van der Waals surface area contributed by atoms with Crippen LogP contribution in [0, 0.1) is 23.3 Å². The van der Waals surface area contributed by atoms with Gasteiger partial charge in [-0.3, -0.25) is 0 Å². The van der Waals surface area contributed by atoms with Crippen molar-refractivity contribution in [1.82, 2.24) is 0 Å². The average molecular weight is 553 g/mol. The highest BCUT2D eigenvalue weighted by Gasteiger charge is 2.26. The highest BCUT2D eigenvalue weighted by Crippen LogP contribution is 2.35. The van der Waals surface area contributed by atoms with E-state index >= 15 is 8.78 Å². The Morgan fingerprint density at radius 1 is 0.700 bits per heavy atom. The first-order valence-corrected chi connectivity index (χ1v) is 14.7. The van der Waals surface area contributed by atoms with E-state index < -0.39 is 23.3 Å². The molecule has 0 aromatic heterocycles. The van der Waals surface area contributed by atoms with Crippen LogP contribution in [0.1, 0.15) is 88.7 Å². The van der Waals surface area contributed by atoms with Crippen molar-refractivity contribution in [3.63, 3.8) is 0 Å². The molecule has 2 atom stereocenters. The zero-order valence-corrected chi connectivity index (χ0v) is 23.6. The molecule has 1 saturated heterocycles. The molecule has 0 bridgehead atoms. The van der Waals surface area contributed by atoms with E-state index in [4.69, 9.17) is 4.74 Å². The van der Waals surface area contributed by atoms with E-state index in [1.54, 1.807) is 48.5 Å². The molecule has 3 aromatic rings. The highest BCUT2D eigenvalue weighted by atomic mass is 19.2. The summed E-state index contributed by atoms with van der Waals surface area (Å²) in [5, 5.41) is 0. The number of halogens is 4. The molecular formula is C35H40F4O. The molecule has 0 aliphatic carbocycles. The van der Waals surface area contributed by atoms with Gasteiger partial charge in [-0.25, -0.2) is 17.6 Å². The highest BCUT2D eigenvalue weighted by molar-refractivity contribution is 5.71. The Balaban J connectivity index is 1.42. The summed E-state index contributed by atoms with van der Waals surface area (Å²) >= 11 is 0. The Kier molecular flexibility index (Phi) is 11.0. The normalized spacial score (nSPS) is 17.6. The average Bonchev–Trinajstić information content (AvgIpc) is 2.97. The third-order valence-corrected chi connectivity index (χ3v) is 7.99. The summed E-state index contributed by atoms with van der Waals surface area (Å²) in [4.78, 5) is 0. The molecule has 1 aliphatic heterocycles. The molecule has 0 amide bonds. The Bertz CT molecular complexity index is 1270. The van der Waals surface area contributed by atoms with Crippen LogP contribution in [0.5, 0.6) is 0 Å². The number of rotatable bonds is 12. The van der Waals surface area contributed by atoms with Gasteiger partial charge in [0.05, 0.1) is 12.7 Å². The molecule has 1 aliphatic rings. The summed E-state index contributed by atoms with van der Waals surface area (Å²) in [6, 6.07) is 12.9. The van der Waals surface area contributed by atoms with Gasteiger partial charge in [-0.15, -0.1) is 0 Å². The van der Waals surface area contributed by atoms with Gasteiger partial charge in [0.25, 0.3) is 0 Å². The second-order valence-corrected chi connectivity index (χ2v) is 10.9. The van der Waals surface area contributed by atoms with Crippen molar-refractivity contribution in [3.05, 3.63) is 95.1 Å². The number of ether oxygens (including phenoxy) is 1. The van der Waals surface area contributed by atoms with Gasteiger partial charge in [0, 0.05) is 17.0 Å². The minimum Gasteiger partial charge on any atom is -0.374 e. The molecule has 0 radical (unpaired) electrons. The fraction of sp³-hybridized carbons (Fsp3) is 0.429. The maximum absolute atomic E-state index is 15.2. The summed E-state index contributed by atoms with van der Waals surface area (Å²) in [5.74, 6) is -3.64. The van der Waals surface area contributed by atoms with Gasteiger partial charge in [0.2, 0.25) is 0 Å². The summed E-state index contributed by atoms with van der Waals surface area (Å²) in [7, 11) is 0. The summed E-state index contributed by atoms with van der Waals surface area (Å²) < 4.78 is 65.9. The third-order valence-electron chi connectivity index (χ3n) is 7.99. The minimum absolute atomic E-state index is 0.0200. The largest absolute Gasteiger partial charge is 0.374 e. The number of hydrogen-bond donors (Lipinski definition) is 0. The van der Waals surface area contributed by atoms with E-state index in [1.165, 1.54) is 25.7 Å². The first-order valence-electron chi connectivity index (χ1n) is 14.7. The van der Waals surface area contributed by atoms with Crippen LogP contribution in [0.2, 0.25) is 0 Å². The van der Waals surface area contributed by atoms with Gasteiger partial charge in [0.15, 0.2) is 23.3 Å². The molecule has 3 aromatic carbocycles. The molecular weight excluding hydrogens is 512 g/mol. The zero-order chi connectivity index (χ0) is 28.5. The van der Waals surface area contributed by atoms with Crippen LogP contribution in [0.25, 0.3) is 22.3 Å². The molecule has 0 spiro atoms. The van der Waals surface area contributed by atoms with Gasteiger partial charge >= 0.3 is 0 Å². The Hall–Kier alpha value is -2.92. The maximum Gasteiger partial charge on any atom is 0.166 e. The predicted octanol–water partition coefficient (Wildman–Crippen LogP) is 10.7. The summed E-state index contributed by atoms with van der Waals surface area (Å²) in [6.07, 6.45) is 13.8. The van der Waals surface area contributed by atoms with Gasteiger partial charge in [-0.2, -0.15) is 0 Å². The molecule has 1 heterocycles. The first kappa shape index (κ1) is 30.0. The number of hydrogen-bond acceptors (Lipinski definition) is 1. The lowest BCUT2D eigenvalue weighted by Gasteiger charge is -2.28. The smallest absolute Gasteiger partial charge is 0.166 e. The van der Waals surface area contributed by atoms with Crippen LogP contribution < -0.4 is 0 Å². The fourth-order valence-electron chi connectivity index (χ4n) is 5.59. The number of benzene rings is 3. The third kappa shape index (κ3) is 7.23. The van der Waals surface area contributed by atoms with E-state index in [0.717, 1.165) is 32.1 Å². The first-order chi connectivity index (χ1) is 19.4. The van der Waals surface area contributed by atoms with Gasteiger partial charge < -0.3 is 4.74 Å². The van der Waals surface area contributed by atoms with Crippen LogP contribution in [0.15, 0.2) is 60.7 Å². The molecule has 5 heteroatoms. The molecule has 40 heavy (non-hydrogen) atoms. The lowest BCUT2D eigenvalue weighted by molar-refractivity contribution is 0.0317. The zero-order valence-electron chi connectivity index (χ0n) is 23.6. The van der Waals surface area contributed by atoms with Crippen LogP contribution in [0.3, 0.4) is 0 Å².